The van der Waals surface area contributed by atoms with Crippen molar-refractivity contribution in [1.82, 2.24) is 4.90 Å². The lowest BCUT2D eigenvalue weighted by molar-refractivity contribution is -0.139. The van der Waals surface area contributed by atoms with Crippen LogP contribution >= 0.6 is 23.2 Å². The van der Waals surface area contributed by atoms with Crippen molar-refractivity contribution < 1.29 is 4.79 Å². The highest BCUT2D eigenvalue weighted by molar-refractivity contribution is 6.35. The Morgan fingerprint density at radius 2 is 1.50 bits per heavy atom. The van der Waals surface area contributed by atoms with Crippen molar-refractivity contribution in [3.63, 3.8) is 0 Å². The molecule has 0 unspecified atom stereocenters. The van der Waals surface area contributed by atoms with Gasteiger partial charge in [0.05, 0.1) is 0 Å². The molecule has 0 radical (unpaired) electrons. The molecule has 0 aliphatic carbocycles. The first-order chi connectivity index (χ1) is 9.27. The second-order valence-electron chi connectivity index (χ2n) is 6.16. The van der Waals surface area contributed by atoms with Crippen LogP contribution in [0.1, 0.15) is 20.8 Å². The molecule has 20 heavy (non-hydrogen) atoms. The predicted molar refractivity (Wildman–Crippen MR) is 84.7 cm³/mol. The summed E-state index contributed by atoms with van der Waals surface area (Å²) in [6.07, 6.45) is 0. The van der Waals surface area contributed by atoms with Gasteiger partial charge in [0.2, 0.25) is 5.91 Å². The van der Waals surface area contributed by atoms with Gasteiger partial charge in [-0.05, 0) is 18.2 Å². The Kier molecular flexibility index (Phi) is 4.50. The first-order valence-electron chi connectivity index (χ1n) is 6.78. The van der Waals surface area contributed by atoms with Gasteiger partial charge in [-0.2, -0.15) is 0 Å². The minimum Gasteiger partial charge on any atom is -0.368 e. The average molecular weight is 315 g/mol. The maximum atomic E-state index is 12.2. The normalized spacial score (nSPS) is 16.4. The molecule has 1 aliphatic heterocycles. The Hall–Kier alpha value is -0.930. The zero-order valence-corrected chi connectivity index (χ0v) is 13.6. The SMILES string of the molecule is CC(C)(C)C(=O)N1CCN(c2cc(Cl)cc(Cl)c2)CC1. The molecule has 1 aromatic rings. The molecule has 3 nitrogen and oxygen atoms in total. The molecule has 1 aliphatic rings. The topological polar surface area (TPSA) is 23.6 Å². The van der Waals surface area contributed by atoms with Crippen LogP contribution in [0.2, 0.25) is 10.0 Å². The predicted octanol–water partition coefficient (Wildman–Crippen LogP) is 3.69. The summed E-state index contributed by atoms with van der Waals surface area (Å²) in [6.45, 7) is 8.95. The maximum Gasteiger partial charge on any atom is 0.228 e. The summed E-state index contributed by atoms with van der Waals surface area (Å²) in [5.41, 5.74) is 0.701. The smallest absolute Gasteiger partial charge is 0.228 e. The average Bonchev–Trinajstić information content (AvgIpc) is 2.36. The number of piperazine rings is 1. The van der Waals surface area contributed by atoms with Crippen LogP contribution in [0.4, 0.5) is 5.69 Å². The minimum absolute atomic E-state index is 0.210. The van der Waals surface area contributed by atoms with Crippen molar-refractivity contribution in [1.29, 1.82) is 0 Å². The molecule has 1 heterocycles. The van der Waals surface area contributed by atoms with Gasteiger partial charge in [-0.3, -0.25) is 4.79 Å². The number of carbonyl (C=O) groups is 1. The van der Waals surface area contributed by atoms with Crippen LogP contribution in [0.5, 0.6) is 0 Å². The summed E-state index contributed by atoms with van der Waals surface area (Å²) in [7, 11) is 0. The Morgan fingerprint density at radius 3 is 1.95 bits per heavy atom. The van der Waals surface area contributed by atoms with Crippen LogP contribution < -0.4 is 4.90 Å². The van der Waals surface area contributed by atoms with Crippen LogP contribution in [-0.4, -0.2) is 37.0 Å². The highest BCUT2D eigenvalue weighted by atomic mass is 35.5. The monoisotopic (exact) mass is 314 g/mol. The number of rotatable bonds is 1. The summed E-state index contributed by atoms with van der Waals surface area (Å²) < 4.78 is 0. The lowest BCUT2D eigenvalue weighted by Gasteiger charge is -2.38. The Bertz CT molecular complexity index is 483. The fourth-order valence-corrected chi connectivity index (χ4v) is 2.88. The molecule has 1 aromatic carbocycles. The van der Waals surface area contributed by atoms with E-state index in [0.717, 1.165) is 31.9 Å². The Morgan fingerprint density at radius 1 is 1.00 bits per heavy atom. The first kappa shape index (κ1) is 15.5. The highest BCUT2D eigenvalue weighted by Crippen LogP contribution is 2.27. The molecule has 0 aromatic heterocycles. The third-order valence-electron chi connectivity index (χ3n) is 3.42. The van der Waals surface area contributed by atoms with E-state index in [1.807, 2.05) is 37.8 Å². The molecule has 1 saturated heterocycles. The van der Waals surface area contributed by atoms with Gasteiger partial charge in [0.1, 0.15) is 0 Å². The summed E-state index contributed by atoms with van der Waals surface area (Å²) in [4.78, 5) is 16.4. The van der Waals surface area contributed by atoms with Gasteiger partial charge < -0.3 is 9.80 Å². The number of anilines is 1. The Balaban J connectivity index is 2.03. The fourth-order valence-electron chi connectivity index (χ4n) is 2.36. The molecule has 0 N–H and O–H groups in total. The lowest BCUT2D eigenvalue weighted by Crippen LogP contribution is -2.51. The number of carbonyl (C=O) groups excluding carboxylic acids is 1. The standard InChI is InChI=1S/C15H20Cl2N2O/c1-15(2,3)14(20)19-6-4-18(5-7-19)13-9-11(16)8-12(17)10-13/h8-10H,4-7H2,1-3H3. The number of halogens is 2. The van der Waals surface area contributed by atoms with Crippen molar-refractivity contribution in [2.45, 2.75) is 20.8 Å². The minimum atomic E-state index is -0.318. The summed E-state index contributed by atoms with van der Waals surface area (Å²) in [5, 5.41) is 1.28. The molecule has 5 heteroatoms. The van der Waals surface area contributed by atoms with Gasteiger partial charge in [0.15, 0.2) is 0 Å². The van der Waals surface area contributed by atoms with Gasteiger partial charge in [-0.15, -0.1) is 0 Å². The molecule has 0 spiro atoms. The van der Waals surface area contributed by atoms with Crippen LogP contribution in [-0.2, 0) is 4.79 Å². The van der Waals surface area contributed by atoms with Crippen molar-refractivity contribution in [3.05, 3.63) is 28.2 Å². The van der Waals surface area contributed by atoms with Crippen LogP contribution in [0, 0.1) is 5.41 Å². The van der Waals surface area contributed by atoms with E-state index in [4.69, 9.17) is 23.2 Å². The summed E-state index contributed by atoms with van der Waals surface area (Å²) >= 11 is 12.1. The Labute approximate surface area is 130 Å². The molecule has 0 atom stereocenters. The zero-order chi connectivity index (χ0) is 14.9. The molecule has 1 fully saturated rings. The quantitative estimate of drug-likeness (QED) is 0.789. The zero-order valence-electron chi connectivity index (χ0n) is 12.1. The van der Waals surface area contributed by atoms with Crippen LogP contribution in [0.3, 0.4) is 0 Å². The van der Waals surface area contributed by atoms with Crippen molar-refractivity contribution in [2.75, 3.05) is 31.1 Å². The van der Waals surface area contributed by atoms with Gasteiger partial charge in [-0.1, -0.05) is 44.0 Å². The van der Waals surface area contributed by atoms with E-state index in [1.165, 1.54) is 0 Å². The fraction of sp³-hybridized carbons (Fsp3) is 0.533. The molecular weight excluding hydrogens is 295 g/mol. The van der Waals surface area contributed by atoms with E-state index in [-0.39, 0.29) is 11.3 Å². The molecule has 1 amide bonds. The number of nitrogens with zero attached hydrogens (tertiary/aromatic N) is 2. The highest BCUT2D eigenvalue weighted by Gasteiger charge is 2.29. The summed E-state index contributed by atoms with van der Waals surface area (Å²) in [6, 6.07) is 5.55. The van der Waals surface area contributed by atoms with Crippen LogP contribution in [0.15, 0.2) is 18.2 Å². The third kappa shape index (κ3) is 3.58. The van der Waals surface area contributed by atoms with E-state index >= 15 is 0 Å². The second-order valence-corrected chi connectivity index (χ2v) is 7.03. The maximum absolute atomic E-state index is 12.2. The van der Waals surface area contributed by atoms with Crippen LogP contribution in [0.25, 0.3) is 0 Å². The van der Waals surface area contributed by atoms with Crippen molar-refractivity contribution >= 4 is 34.8 Å². The largest absolute Gasteiger partial charge is 0.368 e. The molecule has 0 bridgehead atoms. The van der Waals surface area contributed by atoms with Gasteiger partial charge in [-0.25, -0.2) is 0 Å². The number of hydrogen-bond acceptors (Lipinski definition) is 2. The van der Waals surface area contributed by atoms with E-state index < -0.39 is 0 Å². The second kappa shape index (κ2) is 5.82. The van der Waals surface area contributed by atoms with Gasteiger partial charge >= 0.3 is 0 Å². The van der Waals surface area contributed by atoms with Gasteiger partial charge in [0, 0.05) is 47.3 Å². The molecular formula is C15H20Cl2N2O. The molecule has 110 valence electrons. The van der Waals surface area contributed by atoms with Gasteiger partial charge in [0.25, 0.3) is 0 Å². The van der Waals surface area contributed by atoms with Crippen molar-refractivity contribution in [3.8, 4) is 0 Å². The third-order valence-corrected chi connectivity index (χ3v) is 3.86. The van der Waals surface area contributed by atoms with E-state index in [1.54, 1.807) is 6.07 Å². The first-order valence-corrected chi connectivity index (χ1v) is 7.53. The summed E-state index contributed by atoms with van der Waals surface area (Å²) in [5.74, 6) is 0.210. The lowest BCUT2D eigenvalue weighted by atomic mass is 9.94. The van der Waals surface area contributed by atoms with E-state index in [0.29, 0.717) is 10.0 Å². The number of hydrogen-bond donors (Lipinski definition) is 0. The number of amides is 1. The van der Waals surface area contributed by atoms with E-state index in [9.17, 15) is 4.79 Å². The van der Waals surface area contributed by atoms with Crippen molar-refractivity contribution in [2.24, 2.45) is 5.41 Å². The molecule has 0 saturated carbocycles. The van der Waals surface area contributed by atoms with E-state index in [2.05, 4.69) is 4.90 Å². The number of benzene rings is 1. The molecule has 2 rings (SSSR count).